The molecule has 0 saturated carbocycles. The Bertz CT molecular complexity index is 1210. The molecule has 0 saturated heterocycles. The highest BCUT2D eigenvalue weighted by molar-refractivity contribution is 7.13. The maximum atomic E-state index is 2.34. The maximum absolute atomic E-state index is 2.34. The molecule has 1 heterocycles. The Kier molecular flexibility index (Phi) is 4.81. The SMILES string of the molecule is c1ccc(-c2cc(-c3ccccc3)c(-c3ccccc3)c(-c3cccs3)c2)cc1. The summed E-state index contributed by atoms with van der Waals surface area (Å²) in [5, 5.41) is 2.15. The molecule has 0 amide bonds. The van der Waals surface area contributed by atoms with Gasteiger partial charge in [0.05, 0.1) is 0 Å². The summed E-state index contributed by atoms with van der Waals surface area (Å²) in [6.07, 6.45) is 0. The molecule has 5 rings (SSSR count). The van der Waals surface area contributed by atoms with Crippen LogP contribution in [0.1, 0.15) is 0 Å². The van der Waals surface area contributed by atoms with Crippen LogP contribution in [0.25, 0.3) is 43.8 Å². The first-order valence-electron chi connectivity index (χ1n) is 9.78. The van der Waals surface area contributed by atoms with Crippen LogP contribution in [-0.4, -0.2) is 0 Å². The van der Waals surface area contributed by atoms with Gasteiger partial charge < -0.3 is 0 Å². The van der Waals surface area contributed by atoms with Crippen LogP contribution in [0.5, 0.6) is 0 Å². The molecule has 0 bridgehead atoms. The van der Waals surface area contributed by atoms with Crippen molar-refractivity contribution in [3.8, 4) is 43.8 Å². The summed E-state index contributed by atoms with van der Waals surface area (Å²) in [7, 11) is 0. The summed E-state index contributed by atoms with van der Waals surface area (Å²) in [5.74, 6) is 0. The average Bonchev–Trinajstić information content (AvgIpc) is 3.35. The predicted molar refractivity (Wildman–Crippen MR) is 126 cm³/mol. The topological polar surface area (TPSA) is 0 Å². The Balaban J connectivity index is 1.87. The molecule has 1 aromatic heterocycles. The van der Waals surface area contributed by atoms with Crippen LogP contribution < -0.4 is 0 Å². The van der Waals surface area contributed by atoms with E-state index < -0.39 is 0 Å². The first-order valence-corrected chi connectivity index (χ1v) is 10.7. The number of hydrogen-bond acceptors (Lipinski definition) is 1. The Hall–Kier alpha value is -3.42. The molecule has 0 spiro atoms. The van der Waals surface area contributed by atoms with E-state index in [1.807, 2.05) is 0 Å². The molecular formula is C28H20S. The van der Waals surface area contributed by atoms with Crippen molar-refractivity contribution >= 4 is 11.3 Å². The van der Waals surface area contributed by atoms with Crippen molar-refractivity contribution in [2.24, 2.45) is 0 Å². The van der Waals surface area contributed by atoms with Gasteiger partial charge in [-0.15, -0.1) is 11.3 Å². The molecule has 0 unspecified atom stereocenters. The molecular weight excluding hydrogens is 368 g/mol. The predicted octanol–water partition coefficient (Wildman–Crippen LogP) is 8.42. The van der Waals surface area contributed by atoms with Gasteiger partial charge in [0.15, 0.2) is 0 Å². The van der Waals surface area contributed by atoms with Gasteiger partial charge in [0.25, 0.3) is 0 Å². The minimum atomic E-state index is 1.24. The Morgan fingerprint density at radius 2 is 0.966 bits per heavy atom. The Morgan fingerprint density at radius 3 is 1.55 bits per heavy atom. The summed E-state index contributed by atoms with van der Waals surface area (Å²) >= 11 is 1.79. The van der Waals surface area contributed by atoms with Gasteiger partial charge >= 0.3 is 0 Å². The molecule has 138 valence electrons. The summed E-state index contributed by atoms with van der Waals surface area (Å²) in [5.41, 5.74) is 8.80. The maximum Gasteiger partial charge on any atom is 0.0349 e. The third kappa shape index (κ3) is 3.53. The lowest BCUT2D eigenvalue weighted by Crippen LogP contribution is -1.92. The van der Waals surface area contributed by atoms with Crippen molar-refractivity contribution in [2.75, 3.05) is 0 Å². The molecule has 0 fully saturated rings. The number of thiophene rings is 1. The standard InChI is InChI=1S/C28H20S/c1-4-11-21(12-5-1)24-19-25(22-13-6-2-7-14-22)28(23-15-8-3-9-16-23)26(20-24)27-17-10-18-29-27/h1-20H. The lowest BCUT2D eigenvalue weighted by atomic mass is 9.86. The van der Waals surface area contributed by atoms with Gasteiger partial charge in [0, 0.05) is 10.4 Å². The van der Waals surface area contributed by atoms with Crippen molar-refractivity contribution in [2.45, 2.75) is 0 Å². The normalized spacial score (nSPS) is 10.8. The molecule has 0 aliphatic rings. The van der Waals surface area contributed by atoms with Crippen molar-refractivity contribution in [3.63, 3.8) is 0 Å². The van der Waals surface area contributed by atoms with Crippen molar-refractivity contribution in [3.05, 3.63) is 121 Å². The smallest absolute Gasteiger partial charge is 0.0349 e. The zero-order valence-electron chi connectivity index (χ0n) is 16.0. The first kappa shape index (κ1) is 17.7. The van der Waals surface area contributed by atoms with E-state index in [0.29, 0.717) is 0 Å². The molecule has 0 N–H and O–H groups in total. The van der Waals surface area contributed by atoms with Gasteiger partial charge in [-0.2, -0.15) is 0 Å². The zero-order valence-corrected chi connectivity index (χ0v) is 16.8. The number of rotatable bonds is 4. The number of hydrogen-bond donors (Lipinski definition) is 0. The van der Waals surface area contributed by atoms with Crippen LogP contribution in [0.15, 0.2) is 121 Å². The van der Waals surface area contributed by atoms with Gasteiger partial charge in [-0.3, -0.25) is 0 Å². The molecule has 0 aliphatic carbocycles. The molecule has 5 aromatic rings. The second-order valence-electron chi connectivity index (χ2n) is 7.02. The first-order chi connectivity index (χ1) is 14.4. The summed E-state index contributed by atoms with van der Waals surface area (Å²) in [6, 6.07) is 41.1. The summed E-state index contributed by atoms with van der Waals surface area (Å²) in [6.45, 7) is 0. The van der Waals surface area contributed by atoms with Crippen LogP contribution in [-0.2, 0) is 0 Å². The Morgan fingerprint density at radius 1 is 0.414 bits per heavy atom. The van der Waals surface area contributed by atoms with Crippen molar-refractivity contribution in [1.82, 2.24) is 0 Å². The van der Waals surface area contributed by atoms with E-state index in [4.69, 9.17) is 0 Å². The lowest BCUT2D eigenvalue weighted by molar-refractivity contribution is 1.56. The molecule has 4 aromatic carbocycles. The van der Waals surface area contributed by atoms with E-state index in [2.05, 4.69) is 121 Å². The molecule has 1 heteroatoms. The molecule has 0 nitrogen and oxygen atoms in total. The average molecular weight is 389 g/mol. The third-order valence-electron chi connectivity index (χ3n) is 5.18. The monoisotopic (exact) mass is 388 g/mol. The van der Waals surface area contributed by atoms with Crippen molar-refractivity contribution < 1.29 is 0 Å². The lowest BCUT2D eigenvalue weighted by Gasteiger charge is -2.18. The highest BCUT2D eigenvalue weighted by Crippen LogP contribution is 2.44. The highest BCUT2D eigenvalue weighted by atomic mass is 32.1. The van der Waals surface area contributed by atoms with Crippen LogP contribution in [0, 0.1) is 0 Å². The quantitative estimate of drug-likeness (QED) is 0.290. The van der Waals surface area contributed by atoms with Gasteiger partial charge in [0.1, 0.15) is 0 Å². The molecule has 0 radical (unpaired) electrons. The highest BCUT2D eigenvalue weighted by Gasteiger charge is 2.17. The van der Waals surface area contributed by atoms with Crippen LogP contribution in [0.2, 0.25) is 0 Å². The van der Waals surface area contributed by atoms with Gasteiger partial charge in [0.2, 0.25) is 0 Å². The minimum absolute atomic E-state index is 1.24. The fraction of sp³-hybridized carbons (Fsp3) is 0. The fourth-order valence-electron chi connectivity index (χ4n) is 3.83. The van der Waals surface area contributed by atoms with Crippen LogP contribution in [0.4, 0.5) is 0 Å². The van der Waals surface area contributed by atoms with E-state index >= 15 is 0 Å². The minimum Gasteiger partial charge on any atom is -0.144 e. The van der Waals surface area contributed by atoms with E-state index in [0.717, 1.165) is 0 Å². The zero-order chi connectivity index (χ0) is 19.5. The Labute approximate surface area is 175 Å². The van der Waals surface area contributed by atoms with Crippen molar-refractivity contribution in [1.29, 1.82) is 0 Å². The third-order valence-corrected chi connectivity index (χ3v) is 6.08. The van der Waals surface area contributed by atoms with Gasteiger partial charge in [-0.25, -0.2) is 0 Å². The molecule has 29 heavy (non-hydrogen) atoms. The van der Waals surface area contributed by atoms with E-state index in [1.165, 1.54) is 43.8 Å². The largest absolute Gasteiger partial charge is 0.144 e. The van der Waals surface area contributed by atoms with Crippen LogP contribution in [0.3, 0.4) is 0 Å². The van der Waals surface area contributed by atoms with Gasteiger partial charge in [-0.1, -0.05) is 97.1 Å². The second-order valence-corrected chi connectivity index (χ2v) is 7.97. The molecule has 0 aliphatic heterocycles. The summed E-state index contributed by atoms with van der Waals surface area (Å²) < 4.78 is 0. The van der Waals surface area contributed by atoms with E-state index in [9.17, 15) is 0 Å². The fourth-order valence-corrected chi connectivity index (χ4v) is 4.58. The molecule has 0 atom stereocenters. The van der Waals surface area contributed by atoms with Crippen LogP contribution >= 0.6 is 11.3 Å². The summed E-state index contributed by atoms with van der Waals surface area (Å²) in [4.78, 5) is 1.29. The number of benzene rings is 4. The second kappa shape index (κ2) is 7.90. The van der Waals surface area contributed by atoms with Gasteiger partial charge in [-0.05, 0) is 57.0 Å². The van der Waals surface area contributed by atoms with E-state index in [-0.39, 0.29) is 0 Å². The van der Waals surface area contributed by atoms with E-state index in [1.54, 1.807) is 11.3 Å².